The summed E-state index contributed by atoms with van der Waals surface area (Å²) in [6, 6.07) is 4.39. The maximum atomic E-state index is 12.8. The molecule has 3 amide bonds. The second-order valence-corrected chi connectivity index (χ2v) is 7.35. The van der Waals surface area contributed by atoms with Crippen LogP contribution in [0.2, 0.25) is 5.02 Å². The van der Waals surface area contributed by atoms with Gasteiger partial charge < -0.3 is 5.32 Å². The summed E-state index contributed by atoms with van der Waals surface area (Å²) in [6.07, 6.45) is -0.0756. The molecule has 132 valence electrons. The molecule has 0 saturated carbocycles. The molecule has 2 aliphatic heterocycles. The molecule has 0 unspecified atom stereocenters. The predicted octanol–water partition coefficient (Wildman–Crippen LogP) is 1.60. The van der Waals surface area contributed by atoms with Crippen molar-refractivity contribution in [3.63, 3.8) is 0 Å². The Hall–Kier alpha value is -2.03. The highest BCUT2D eigenvalue weighted by Gasteiger charge is 2.56. The van der Waals surface area contributed by atoms with E-state index in [0.717, 1.165) is 5.56 Å². The van der Waals surface area contributed by atoms with Crippen LogP contribution in [0.25, 0.3) is 0 Å². The number of fused-ring (bicyclic) bond motifs is 1. The van der Waals surface area contributed by atoms with Crippen LogP contribution < -0.4 is 10.6 Å². The zero-order valence-corrected chi connectivity index (χ0v) is 15.5. The van der Waals surface area contributed by atoms with Gasteiger partial charge in [-0.3, -0.25) is 19.7 Å². The van der Waals surface area contributed by atoms with Crippen molar-refractivity contribution in [1.29, 1.82) is 0 Å². The van der Waals surface area contributed by atoms with Crippen molar-refractivity contribution in [1.82, 2.24) is 15.3 Å². The second-order valence-electron chi connectivity index (χ2n) is 6.56. The van der Waals surface area contributed by atoms with Crippen molar-refractivity contribution in [3.8, 4) is 0 Å². The standard InChI is InChI=1S/C16H17ClN4O3S/c1-8-4-5-10(9(17)6-8)18-13(23)11-7-12(22)20-15(25)19-14(24)16(2,3)21(11)20/h4-6,11H,7H2,1-3H3,(H,18,23)(H,19,24,25)/t11-/m1/s1. The number of carbonyl (C=O) groups is 3. The van der Waals surface area contributed by atoms with Gasteiger partial charge in [0.15, 0.2) is 5.11 Å². The number of hydrogen-bond acceptors (Lipinski definition) is 5. The molecule has 0 radical (unpaired) electrons. The minimum atomic E-state index is -1.10. The van der Waals surface area contributed by atoms with E-state index in [4.69, 9.17) is 23.8 Å². The normalized spacial score (nSPS) is 22.6. The van der Waals surface area contributed by atoms with Crippen LogP contribution in [0, 0.1) is 6.92 Å². The van der Waals surface area contributed by atoms with Gasteiger partial charge >= 0.3 is 0 Å². The summed E-state index contributed by atoms with van der Waals surface area (Å²) < 4.78 is 0. The number of nitrogens with zero attached hydrogens (tertiary/aromatic N) is 2. The Morgan fingerprint density at radius 2 is 2.08 bits per heavy atom. The number of benzene rings is 1. The zero-order valence-electron chi connectivity index (χ0n) is 13.9. The summed E-state index contributed by atoms with van der Waals surface area (Å²) in [5.41, 5.74) is 0.308. The van der Waals surface area contributed by atoms with Crippen LogP contribution in [0.5, 0.6) is 0 Å². The lowest BCUT2D eigenvalue weighted by molar-refractivity contribution is -0.154. The molecule has 0 bridgehead atoms. The Kier molecular flexibility index (Phi) is 4.30. The number of anilines is 1. The Morgan fingerprint density at radius 1 is 1.40 bits per heavy atom. The van der Waals surface area contributed by atoms with Crippen molar-refractivity contribution in [2.24, 2.45) is 0 Å². The fourth-order valence-electron chi connectivity index (χ4n) is 3.00. The highest BCUT2D eigenvalue weighted by molar-refractivity contribution is 7.80. The van der Waals surface area contributed by atoms with Gasteiger partial charge in [-0.1, -0.05) is 17.7 Å². The summed E-state index contributed by atoms with van der Waals surface area (Å²) in [5.74, 6) is -1.13. The van der Waals surface area contributed by atoms with Gasteiger partial charge in [-0.15, -0.1) is 0 Å². The van der Waals surface area contributed by atoms with Gasteiger partial charge in [-0.05, 0) is 50.7 Å². The highest BCUT2D eigenvalue weighted by Crippen LogP contribution is 2.33. The minimum absolute atomic E-state index is 0.0157. The van der Waals surface area contributed by atoms with Crippen LogP contribution in [0.1, 0.15) is 25.8 Å². The Balaban J connectivity index is 1.91. The first-order chi connectivity index (χ1) is 11.6. The molecule has 0 spiro atoms. The molecule has 2 heterocycles. The summed E-state index contributed by atoms with van der Waals surface area (Å²) in [7, 11) is 0. The Labute approximate surface area is 155 Å². The van der Waals surface area contributed by atoms with Gasteiger partial charge in [0.05, 0.1) is 17.1 Å². The van der Waals surface area contributed by atoms with Crippen molar-refractivity contribution in [2.45, 2.75) is 38.8 Å². The fourth-order valence-corrected chi connectivity index (χ4v) is 3.56. The first kappa shape index (κ1) is 17.8. The summed E-state index contributed by atoms with van der Waals surface area (Å²) >= 11 is 11.2. The average Bonchev–Trinajstić information content (AvgIpc) is 2.87. The van der Waals surface area contributed by atoms with Crippen molar-refractivity contribution >= 4 is 52.3 Å². The molecule has 3 rings (SSSR count). The second kappa shape index (κ2) is 6.05. The van der Waals surface area contributed by atoms with Crippen LogP contribution in [-0.4, -0.2) is 44.4 Å². The molecule has 9 heteroatoms. The van der Waals surface area contributed by atoms with Gasteiger partial charge in [0.2, 0.25) is 17.7 Å². The maximum Gasteiger partial charge on any atom is 0.248 e. The Morgan fingerprint density at radius 3 is 2.72 bits per heavy atom. The molecule has 2 aliphatic rings. The number of carbonyl (C=O) groups excluding carboxylic acids is 3. The third-order valence-electron chi connectivity index (χ3n) is 4.34. The summed E-state index contributed by atoms with van der Waals surface area (Å²) in [4.78, 5) is 37.4. The van der Waals surface area contributed by atoms with Gasteiger partial charge in [0.1, 0.15) is 11.6 Å². The molecule has 1 aromatic carbocycles. The third kappa shape index (κ3) is 2.90. The van der Waals surface area contributed by atoms with Gasteiger partial charge in [-0.2, -0.15) is 5.01 Å². The number of hydrogen-bond donors (Lipinski definition) is 2. The molecule has 2 N–H and O–H groups in total. The molecule has 0 aliphatic carbocycles. The van der Waals surface area contributed by atoms with E-state index in [1.54, 1.807) is 26.0 Å². The molecular formula is C16H17ClN4O3S. The van der Waals surface area contributed by atoms with E-state index in [1.165, 1.54) is 10.0 Å². The average molecular weight is 381 g/mol. The SMILES string of the molecule is Cc1ccc(NC(=O)[C@H]2CC(=O)N3C(=S)NC(=O)C(C)(C)N23)c(Cl)c1. The van der Waals surface area contributed by atoms with E-state index in [-0.39, 0.29) is 23.3 Å². The lowest BCUT2D eigenvalue weighted by Gasteiger charge is -2.45. The number of halogens is 1. The van der Waals surface area contributed by atoms with Gasteiger partial charge in [-0.25, -0.2) is 5.01 Å². The molecule has 1 aromatic rings. The molecule has 25 heavy (non-hydrogen) atoms. The predicted molar refractivity (Wildman–Crippen MR) is 96.7 cm³/mol. The zero-order chi connectivity index (χ0) is 18.5. The van der Waals surface area contributed by atoms with Gasteiger partial charge in [0.25, 0.3) is 0 Å². The van der Waals surface area contributed by atoms with Crippen LogP contribution in [0.3, 0.4) is 0 Å². The van der Waals surface area contributed by atoms with Crippen LogP contribution in [-0.2, 0) is 14.4 Å². The number of amides is 3. The lowest BCUT2D eigenvalue weighted by Crippen LogP contribution is -2.71. The molecule has 7 nitrogen and oxygen atoms in total. The minimum Gasteiger partial charge on any atom is -0.323 e. The first-order valence-corrected chi connectivity index (χ1v) is 8.46. The largest absolute Gasteiger partial charge is 0.323 e. The molecule has 2 fully saturated rings. The molecular weight excluding hydrogens is 364 g/mol. The smallest absolute Gasteiger partial charge is 0.248 e. The van der Waals surface area contributed by atoms with E-state index in [0.29, 0.717) is 10.7 Å². The lowest BCUT2D eigenvalue weighted by atomic mass is 10.00. The Bertz CT molecular complexity index is 811. The van der Waals surface area contributed by atoms with Crippen LogP contribution in [0.4, 0.5) is 5.69 Å². The summed E-state index contributed by atoms with van der Waals surface area (Å²) in [6.45, 7) is 5.16. The number of rotatable bonds is 2. The number of aryl methyl sites for hydroxylation is 1. The van der Waals surface area contributed by atoms with Crippen molar-refractivity contribution in [2.75, 3.05) is 5.32 Å². The number of nitrogens with one attached hydrogen (secondary N) is 2. The number of hydrazine groups is 1. The van der Waals surface area contributed by atoms with E-state index in [1.807, 2.05) is 13.0 Å². The topological polar surface area (TPSA) is 81.8 Å². The molecule has 1 atom stereocenters. The van der Waals surface area contributed by atoms with Crippen LogP contribution >= 0.6 is 23.8 Å². The molecule has 0 aromatic heterocycles. The third-order valence-corrected chi connectivity index (χ3v) is 4.93. The van der Waals surface area contributed by atoms with E-state index < -0.39 is 17.5 Å². The monoisotopic (exact) mass is 380 g/mol. The van der Waals surface area contributed by atoms with E-state index in [9.17, 15) is 14.4 Å². The highest BCUT2D eigenvalue weighted by atomic mass is 35.5. The first-order valence-electron chi connectivity index (χ1n) is 7.67. The van der Waals surface area contributed by atoms with Crippen LogP contribution in [0.15, 0.2) is 18.2 Å². The van der Waals surface area contributed by atoms with Gasteiger partial charge in [0, 0.05) is 0 Å². The number of thiocarbonyl (C=S) groups is 1. The van der Waals surface area contributed by atoms with Crippen molar-refractivity contribution < 1.29 is 14.4 Å². The van der Waals surface area contributed by atoms with E-state index >= 15 is 0 Å². The quantitative estimate of drug-likeness (QED) is 0.761. The maximum absolute atomic E-state index is 12.8. The summed E-state index contributed by atoms with van der Waals surface area (Å²) in [5, 5.41) is 8.25. The van der Waals surface area contributed by atoms with E-state index in [2.05, 4.69) is 10.6 Å². The molecule has 2 saturated heterocycles. The van der Waals surface area contributed by atoms with Crippen molar-refractivity contribution in [3.05, 3.63) is 28.8 Å². The fraction of sp³-hybridized carbons (Fsp3) is 0.375.